The summed E-state index contributed by atoms with van der Waals surface area (Å²) in [7, 11) is 0. The van der Waals surface area contributed by atoms with Gasteiger partial charge in [-0.2, -0.15) is 5.10 Å². The van der Waals surface area contributed by atoms with Gasteiger partial charge in [-0.3, -0.25) is 0 Å². The Balaban J connectivity index is 1.77. The molecule has 3 rings (SSSR count). The van der Waals surface area contributed by atoms with E-state index in [2.05, 4.69) is 10.4 Å². The van der Waals surface area contributed by atoms with Gasteiger partial charge in [0.1, 0.15) is 11.9 Å². The molecule has 2 aromatic rings. The number of aromatic nitrogens is 2. The summed E-state index contributed by atoms with van der Waals surface area (Å²) in [5.74, 6) is 0.944. The largest absolute Gasteiger partial charge is 0.490 e. The monoisotopic (exact) mass is 217 g/mol. The van der Waals surface area contributed by atoms with Gasteiger partial charge in [-0.25, -0.2) is 4.52 Å². The van der Waals surface area contributed by atoms with Crippen molar-refractivity contribution >= 4 is 5.52 Å². The number of piperidine rings is 1. The van der Waals surface area contributed by atoms with Gasteiger partial charge in [0.15, 0.2) is 0 Å². The Kier molecular flexibility index (Phi) is 2.50. The predicted molar refractivity (Wildman–Crippen MR) is 61.7 cm³/mol. The van der Waals surface area contributed by atoms with Gasteiger partial charge in [0.05, 0.1) is 5.52 Å². The SMILES string of the molecule is c1cc2cc(OC3CCNCC3)ccn2n1. The topological polar surface area (TPSA) is 38.6 Å². The summed E-state index contributed by atoms with van der Waals surface area (Å²) in [4.78, 5) is 0. The maximum atomic E-state index is 5.95. The van der Waals surface area contributed by atoms with Gasteiger partial charge in [-0.1, -0.05) is 0 Å². The highest BCUT2D eigenvalue weighted by molar-refractivity contribution is 5.49. The van der Waals surface area contributed by atoms with Crippen molar-refractivity contribution in [3.05, 3.63) is 30.6 Å². The van der Waals surface area contributed by atoms with Gasteiger partial charge in [-0.05, 0) is 38.1 Å². The van der Waals surface area contributed by atoms with Crippen LogP contribution < -0.4 is 10.1 Å². The van der Waals surface area contributed by atoms with Crippen molar-refractivity contribution in [2.24, 2.45) is 0 Å². The van der Waals surface area contributed by atoms with Crippen LogP contribution in [0.4, 0.5) is 0 Å². The average molecular weight is 217 g/mol. The Hall–Kier alpha value is -1.55. The minimum absolute atomic E-state index is 0.353. The van der Waals surface area contributed by atoms with Crippen LogP contribution in [0.15, 0.2) is 30.6 Å². The molecule has 3 heterocycles. The van der Waals surface area contributed by atoms with Crippen molar-refractivity contribution in [2.75, 3.05) is 13.1 Å². The molecule has 0 unspecified atom stereocenters. The molecule has 1 N–H and O–H groups in total. The van der Waals surface area contributed by atoms with Crippen molar-refractivity contribution in [2.45, 2.75) is 18.9 Å². The third-order valence-electron chi connectivity index (χ3n) is 2.96. The first-order chi connectivity index (χ1) is 7.92. The van der Waals surface area contributed by atoms with Crippen molar-refractivity contribution in [3.63, 3.8) is 0 Å². The Morgan fingerprint density at radius 3 is 3.06 bits per heavy atom. The van der Waals surface area contributed by atoms with Gasteiger partial charge in [0, 0.05) is 18.5 Å². The smallest absolute Gasteiger partial charge is 0.123 e. The van der Waals surface area contributed by atoms with Crippen molar-refractivity contribution in [1.82, 2.24) is 14.9 Å². The number of fused-ring (bicyclic) bond motifs is 1. The molecule has 0 amide bonds. The van der Waals surface area contributed by atoms with E-state index in [1.807, 2.05) is 28.9 Å². The summed E-state index contributed by atoms with van der Waals surface area (Å²) < 4.78 is 7.79. The molecule has 84 valence electrons. The first-order valence-electron chi connectivity index (χ1n) is 5.72. The molecule has 0 bridgehead atoms. The first-order valence-corrected chi connectivity index (χ1v) is 5.72. The number of hydrogen-bond donors (Lipinski definition) is 1. The fourth-order valence-corrected chi connectivity index (χ4v) is 2.08. The number of nitrogens with one attached hydrogen (secondary N) is 1. The molecule has 0 atom stereocenters. The molecular weight excluding hydrogens is 202 g/mol. The Labute approximate surface area is 94.2 Å². The molecule has 0 saturated carbocycles. The van der Waals surface area contributed by atoms with Crippen LogP contribution >= 0.6 is 0 Å². The fraction of sp³-hybridized carbons (Fsp3) is 0.417. The predicted octanol–water partition coefficient (Wildman–Crippen LogP) is 1.47. The molecule has 0 spiro atoms. The van der Waals surface area contributed by atoms with Gasteiger partial charge in [0.2, 0.25) is 0 Å². The van der Waals surface area contributed by atoms with E-state index in [-0.39, 0.29) is 0 Å². The maximum Gasteiger partial charge on any atom is 0.123 e. The van der Waals surface area contributed by atoms with Crippen LogP contribution in [0.2, 0.25) is 0 Å². The summed E-state index contributed by atoms with van der Waals surface area (Å²) in [5, 5.41) is 7.49. The fourth-order valence-electron chi connectivity index (χ4n) is 2.08. The van der Waals surface area contributed by atoms with E-state index in [9.17, 15) is 0 Å². The minimum Gasteiger partial charge on any atom is -0.490 e. The number of ether oxygens (including phenoxy) is 1. The van der Waals surface area contributed by atoms with Gasteiger partial charge < -0.3 is 10.1 Å². The van der Waals surface area contributed by atoms with Crippen LogP contribution in [0.1, 0.15) is 12.8 Å². The summed E-state index contributed by atoms with van der Waals surface area (Å²) >= 11 is 0. The number of nitrogens with zero attached hydrogens (tertiary/aromatic N) is 2. The van der Waals surface area contributed by atoms with E-state index >= 15 is 0 Å². The second kappa shape index (κ2) is 4.14. The van der Waals surface area contributed by atoms with E-state index < -0.39 is 0 Å². The van der Waals surface area contributed by atoms with Crippen LogP contribution in [-0.4, -0.2) is 28.8 Å². The minimum atomic E-state index is 0.353. The van der Waals surface area contributed by atoms with Gasteiger partial charge in [-0.15, -0.1) is 0 Å². The Morgan fingerprint density at radius 2 is 2.19 bits per heavy atom. The molecule has 16 heavy (non-hydrogen) atoms. The van der Waals surface area contributed by atoms with E-state index in [0.717, 1.165) is 37.2 Å². The van der Waals surface area contributed by atoms with Crippen LogP contribution in [0.5, 0.6) is 5.75 Å². The molecule has 1 saturated heterocycles. The molecule has 4 heteroatoms. The standard InChI is InChI=1S/C12H15N3O/c1-7-14-15-8-4-12(9-10(1)15)16-11-2-5-13-6-3-11/h1,4,7-9,11,13H,2-3,5-6H2. The quantitative estimate of drug-likeness (QED) is 0.827. The molecular formula is C12H15N3O. The molecule has 0 aromatic carbocycles. The lowest BCUT2D eigenvalue weighted by molar-refractivity contribution is 0.162. The molecule has 1 fully saturated rings. The number of hydrogen-bond acceptors (Lipinski definition) is 3. The van der Waals surface area contributed by atoms with E-state index in [0.29, 0.717) is 6.10 Å². The second-order valence-electron chi connectivity index (χ2n) is 4.13. The van der Waals surface area contributed by atoms with Crippen LogP contribution in [0.3, 0.4) is 0 Å². The lowest BCUT2D eigenvalue weighted by Crippen LogP contribution is -2.34. The van der Waals surface area contributed by atoms with Gasteiger partial charge in [0.25, 0.3) is 0 Å². The van der Waals surface area contributed by atoms with E-state index in [4.69, 9.17) is 4.74 Å². The molecule has 1 aliphatic heterocycles. The molecule has 4 nitrogen and oxygen atoms in total. The third kappa shape index (κ3) is 1.88. The zero-order chi connectivity index (χ0) is 10.8. The van der Waals surface area contributed by atoms with E-state index in [1.165, 1.54) is 0 Å². The highest BCUT2D eigenvalue weighted by Gasteiger charge is 2.14. The summed E-state index contributed by atoms with van der Waals surface area (Å²) in [6, 6.07) is 5.99. The molecule has 1 aliphatic rings. The first kappa shape index (κ1) is 9.66. The maximum absolute atomic E-state index is 5.95. The zero-order valence-corrected chi connectivity index (χ0v) is 9.10. The van der Waals surface area contributed by atoms with Crippen LogP contribution in [0, 0.1) is 0 Å². The number of rotatable bonds is 2. The lowest BCUT2D eigenvalue weighted by atomic mass is 10.1. The van der Waals surface area contributed by atoms with Crippen LogP contribution in [0.25, 0.3) is 5.52 Å². The van der Waals surface area contributed by atoms with Crippen LogP contribution in [-0.2, 0) is 0 Å². The van der Waals surface area contributed by atoms with Crippen molar-refractivity contribution in [1.29, 1.82) is 0 Å². The summed E-state index contributed by atoms with van der Waals surface area (Å²) in [6.45, 7) is 2.11. The van der Waals surface area contributed by atoms with Crippen molar-refractivity contribution < 1.29 is 4.74 Å². The summed E-state index contributed by atoms with van der Waals surface area (Å²) in [6.07, 6.45) is 6.26. The molecule has 2 aromatic heterocycles. The number of pyridine rings is 1. The molecule has 0 radical (unpaired) electrons. The van der Waals surface area contributed by atoms with Crippen molar-refractivity contribution in [3.8, 4) is 5.75 Å². The third-order valence-corrected chi connectivity index (χ3v) is 2.96. The highest BCUT2D eigenvalue weighted by Crippen LogP contribution is 2.18. The van der Waals surface area contributed by atoms with Gasteiger partial charge >= 0.3 is 0 Å². The summed E-state index contributed by atoms with van der Waals surface area (Å²) in [5.41, 5.74) is 1.08. The second-order valence-corrected chi connectivity index (χ2v) is 4.13. The Bertz CT molecular complexity index is 474. The van der Waals surface area contributed by atoms with E-state index in [1.54, 1.807) is 6.20 Å². The highest BCUT2D eigenvalue weighted by atomic mass is 16.5. The normalized spacial score (nSPS) is 17.8. The zero-order valence-electron chi connectivity index (χ0n) is 9.10. The average Bonchev–Trinajstić information content (AvgIpc) is 2.77. The molecule has 0 aliphatic carbocycles. The Morgan fingerprint density at radius 1 is 1.31 bits per heavy atom. The lowest BCUT2D eigenvalue weighted by Gasteiger charge is -2.23.